The van der Waals surface area contributed by atoms with Crippen LogP contribution in [0, 0.1) is 0 Å². The SMILES string of the molecule is COC(=O)c1sccc1Nc1nc(N)nc2ccn(-c3ccc(N4CCOCC4)cc3OC)c12. The Hall–Kier alpha value is -3.83. The minimum Gasteiger partial charge on any atom is -0.494 e. The molecule has 0 unspecified atom stereocenters. The average Bonchev–Trinajstić information content (AvgIpc) is 3.50. The molecule has 3 aromatic heterocycles. The van der Waals surface area contributed by atoms with Crippen LogP contribution >= 0.6 is 11.3 Å². The minimum atomic E-state index is -0.425. The summed E-state index contributed by atoms with van der Waals surface area (Å²) in [6, 6.07) is 9.75. The Balaban J connectivity index is 1.59. The van der Waals surface area contributed by atoms with Gasteiger partial charge in [-0.15, -0.1) is 11.3 Å². The highest BCUT2D eigenvalue weighted by Crippen LogP contribution is 2.35. The van der Waals surface area contributed by atoms with Crippen molar-refractivity contribution < 1.29 is 19.0 Å². The first-order valence-electron chi connectivity index (χ1n) is 10.7. The van der Waals surface area contributed by atoms with E-state index in [1.807, 2.05) is 34.3 Å². The monoisotopic (exact) mass is 480 g/mol. The lowest BCUT2D eigenvalue weighted by Crippen LogP contribution is -2.36. The van der Waals surface area contributed by atoms with Crippen molar-refractivity contribution in [2.75, 3.05) is 56.5 Å². The minimum absolute atomic E-state index is 0.122. The molecule has 1 fully saturated rings. The van der Waals surface area contributed by atoms with Crippen LogP contribution in [0.15, 0.2) is 41.9 Å². The van der Waals surface area contributed by atoms with Gasteiger partial charge in [-0.3, -0.25) is 0 Å². The molecule has 0 bridgehead atoms. The fourth-order valence-corrected chi connectivity index (χ4v) is 4.79. The van der Waals surface area contributed by atoms with Gasteiger partial charge in [0.2, 0.25) is 5.95 Å². The summed E-state index contributed by atoms with van der Waals surface area (Å²) in [5, 5.41) is 5.05. The van der Waals surface area contributed by atoms with Crippen LogP contribution in [-0.4, -0.2) is 61.0 Å². The first-order valence-corrected chi connectivity index (χ1v) is 11.6. The molecule has 0 saturated carbocycles. The Morgan fingerprint density at radius 1 is 1.18 bits per heavy atom. The number of fused-ring (bicyclic) bond motifs is 1. The van der Waals surface area contributed by atoms with E-state index in [1.165, 1.54) is 18.4 Å². The van der Waals surface area contributed by atoms with Gasteiger partial charge in [0.1, 0.15) is 16.1 Å². The van der Waals surface area contributed by atoms with E-state index in [-0.39, 0.29) is 5.95 Å². The van der Waals surface area contributed by atoms with Crippen LogP contribution < -0.4 is 20.7 Å². The molecule has 11 heteroatoms. The highest BCUT2D eigenvalue weighted by molar-refractivity contribution is 7.12. The second-order valence-electron chi connectivity index (χ2n) is 7.59. The van der Waals surface area contributed by atoms with E-state index in [1.54, 1.807) is 13.2 Å². The third-order valence-electron chi connectivity index (χ3n) is 5.64. The summed E-state index contributed by atoms with van der Waals surface area (Å²) < 4.78 is 18.1. The number of hydrogen-bond donors (Lipinski definition) is 2. The number of benzene rings is 1. The molecule has 3 N–H and O–H groups in total. The Bertz CT molecular complexity index is 1340. The number of aromatic nitrogens is 3. The van der Waals surface area contributed by atoms with Crippen LogP contribution in [0.5, 0.6) is 5.75 Å². The largest absolute Gasteiger partial charge is 0.494 e. The summed E-state index contributed by atoms with van der Waals surface area (Å²) in [6.07, 6.45) is 1.89. The van der Waals surface area contributed by atoms with Gasteiger partial charge >= 0.3 is 5.97 Å². The topological polar surface area (TPSA) is 117 Å². The Kier molecular flexibility index (Phi) is 5.95. The lowest BCUT2D eigenvalue weighted by Gasteiger charge is -2.29. The molecule has 0 spiro atoms. The van der Waals surface area contributed by atoms with Crippen molar-refractivity contribution >= 4 is 51.5 Å². The maximum absolute atomic E-state index is 12.2. The first kappa shape index (κ1) is 22.0. The smallest absolute Gasteiger partial charge is 0.350 e. The summed E-state index contributed by atoms with van der Waals surface area (Å²) >= 11 is 1.28. The van der Waals surface area contributed by atoms with Crippen LogP contribution in [0.3, 0.4) is 0 Å². The predicted octanol–water partition coefficient (Wildman–Crippen LogP) is 3.44. The number of nitrogens with two attached hydrogens (primary N) is 1. The van der Waals surface area contributed by atoms with E-state index < -0.39 is 5.97 Å². The molecule has 0 amide bonds. The molecule has 34 heavy (non-hydrogen) atoms. The molecule has 4 aromatic rings. The van der Waals surface area contributed by atoms with Crippen LogP contribution in [0.4, 0.5) is 23.1 Å². The lowest BCUT2D eigenvalue weighted by molar-refractivity contribution is 0.0607. The van der Waals surface area contributed by atoms with E-state index in [4.69, 9.17) is 19.9 Å². The molecule has 5 rings (SSSR count). The van der Waals surface area contributed by atoms with Gasteiger partial charge in [0.15, 0.2) is 5.82 Å². The maximum Gasteiger partial charge on any atom is 0.350 e. The average molecular weight is 481 g/mol. The first-order chi connectivity index (χ1) is 16.6. The van der Waals surface area contributed by atoms with Gasteiger partial charge in [-0.05, 0) is 29.6 Å². The number of ether oxygens (including phenoxy) is 3. The third-order valence-corrected chi connectivity index (χ3v) is 6.53. The Labute approximate surface area is 199 Å². The van der Waals surface area contributed by atoms with Gasteiger partial charge < -0.3 is 34.7 Å². The molecule has 1 aliphatic rings. The number of thiophene rings is 1. The third kappa shape index (κ3) is 3.99. The van der Waals surface area contributed by atoms with Gasteiger partial charge in [-0.1, -0.05) is 0 Å². The number of esters is 1. The van der Waals surface area contributed by atoms with Crippen molar-refractivity contribution in [3.8, 4) is 11.4 Å². The summed E-state index contributed by atoms with van der Waals surface area (Å²) in [5.41, 5.74) is 9.82. The second-order valence-corrected chi connectivity index (χ2v) is 8.50. The summed E-state index contributed by atoms with van der Waals surface area (Å²) in [4.78, 5) is 23.7. The zero-order chi connectivity index (χ0) is 23.7. The van der Waals surface area contributed by atoms with Gasteiger partial charge in [-0.2, -0.15) is 4.98 Å². The van der Waals surface area contributed by atoms with Crippen molar-refractivity contribution in [1.29, 1.82) is 0 Å². The standard InChI is InChI=1S/C23H24N6O4S/c1-31-18-13-14(28-8-10-33-11-9-28)3-4-17(18)29-7-5-15-19(29)21(27-23(24)26-15)25-16-6-12-34-20(16)22(30)32-2/h3-7,12-13H,8-11H2,1-2H3,(H3,24,25,26,27). The number of nitrogens with zero attached hydrogens (tertiary/aromatic N) is 4. The molecule has 176 valence electrons. The molecular formula is C23H24N6O4S. The van der Waals surface area contributed by atoms with Gasteiger partial charge in [0.25, 0.3) is 0 Å². The molecule has 0 radical (unpaired) electrons. The zero-order valence-corrected chi connectivity index (χ0v) is 19.6. The van der Waals surface area contributed by atoms with Crippen molar-refractivity contribution in [2.24, 2.45) is 0 Å². The van der Waals surface area contributed by atoms with E-state index >= 15 is 0 Å². The number of morpholine rings is 1. The quantitative estimate of drug-likeness (QED) is 0.400. The van der Waals surface area contributed by atoms with Crippen LogP contribution in [0.1, 0.15) is 9.67 Å². The van der Waals surface area contributed by atoms with Crippen molar-refractivity contribution in [2.45, 2.75) is 0 Å². The van der Waals surface area contributed by atoms with Crippen molar-refractivity contribution in [3.05, 3.63) is 46.8 Å². The molecular weight excluding hydrogens is 456 g/mol. The zero-order valence-electron chi connectivity index (χ0n) is 18.8. The van der Waals surface area contributed by atoms with Crippen molar-refractivity contribution in [3.63, 3.8) is 0 Å². The van der Waals surface area contributed by atoms with E-state index in [0.717, 1.165) is 24.5 Å². The normalized spacial score (nSPS) is 13.8. The number of nitrogens with one attached hydrogen (secondary N) is 1. The molecule has 4 heterocycles. The highest BCUT2D eigenvalue weighted by atomic mass is 32.1. The fraction of sp³-hybridized carbons (Fsp3) is 0.261. The number of carbonyl (C=O) groups excluding carboxylic acids is 1. The summed E-state index contributed by atoms with van der Waals surface area (Å²) in [5.74, 6) is 0.870. The van der Waals surface area contributed by atoms with Crippen LogP contribution in [0.2, 0.25) is 0 Å². The van der Waals surface area contributed by atoms with Gasteiger partial charge in [0.05, 0.1) is 44.3 Å². The number of nitrogen functional groups attached to an aromatic ring is 1. The molecule has 0 aliphatic carbocycles. The Morgan fingerprint density at radius 2 is 2.00 bits per heavy atom. The summed E-state index contributed by atoms with van der Waals surface area (Å²) in [6.45, 7) is 3.07. The van der Waals surface area contributed by atoms with Crippen LogP contribution in [-0.2, 0) is 9.47 Å². The van der Waals surface area contributed by atoms with E-state index in [0.29, 0.717) is 46.4 Å². The van der Waals surface area contributed by atoms with Crippen LogP contribution in [0.25, 0.3) is 16.7 Å². The number of anilines is 4. The molecule has 0 atom stereocenters. The predicted molar refractivity (Wildman–Crippen MR) is 132 cm³/mol. The highest BCUT2D eigenvalue weighted by Gasteiger charge is 2.20. The van der Waals surface area contributed by atoms with E-state index in [2.05, 4.69) is 26.3 Å². The molecule has 1 aromatic carbocycles. The van der Waals surface area contributed by atoms with Gasteiger partial charge in [0, 0.05) is 31.0 Å². The van der Waals surface area contributed by atoms with Crippen molar-refractivity contribution in [1.82, 2.24) is 14.5 Å². The lowest BCUT2D eigenvalue weighted by atomic mass is 10.2. The molecule has 1 saturated heterocycles. The Morgan fingerprint density at radius 3 is 2.76 bits per heavy atom. The maximum atomic E-state index is 12.2. The summed E-state index contributed by atoms with van der Waals surface area (Å²) in [7, 11) is 3.00. The number of rotatable bonds is 6. The second kappa shape index (κ2) is 9.20. The van der Waals surface area contributed by atoms with E-state index in [9.17, 15) is 4.79 Å². The molecule has 10 nitrogen and oxygen atoms in total. The number of carbonyl (C=O) groups is 1. The fourth-order valence-electron chi connectivity index (χ4n) is 4.02. The van der Waals surface area contributed by atoms with Gasteiger partial charge in [-0.25, -0.2) is 9.78 Å². The number of hydrogen-bond acceptors (Lipinski definition) is 10. The molecule has 1 aliphatic heterocycles. The number of methoxy groups -OCH3 is 2.